The van der Waals surface area contributed by atoms with E-state index in [2.05, 4.69) is 49.3 Å². The molecule has 18 heavy (non-hydrogen) atoms. The van der Waals surface area contributed by atoms with Gasteiger partial charge in [0, 0.05) is 11.9 Å². The van der Waals surface area contributed by atoms with Crippen LogP contribution in [0.1, 0.15) is 26.3 Å². The van der Waals surface area contributed by atoms with Crippen molar-refractivity contribution in [1.82, 2.24) is 4.98 Å². The van der Waals surface area contributed by atoms with Crippen LogP contribution in [0.5, 0.6) is 0 Å². The topological polar surface area (TPSA) is 50.9 Å². The summed E-state index contributed by atoms with van der Waals surface area (Å²) in [5.41, 5.74) is 9.11. The zero-order valence-electron chi connectivity index (χ0n) is 11.1. The summed E-state index contributed by atoms with van der Waals surface area (Å²) in [5.74, 6) is 0.515. The number of hydrogen-bond donors (Lipinski definition) is 2. The Bertz CT molecular complexity index is 541. The van der Waals surface area contributed by atoms with Crippen LogP contribution < -0.4 is 11.1 Å². The van der Waals surface area contributed by atoms with Gasteiger partial charge in [-0.05, 0) is 29.2 Å². The van der Waals surface area contributed by atoms with Crippen molar-refractivity contribution in [1.29, 1.82) is 0 Å². The molecule has 0 unspecified atom stereocenters. The summed E-state index contributed by atoms with van der Waals surface area (Å²) in [6.07, 6.45) is 1.69. The van der Waals surface area contributed by atoms with Crippen molar-refractivity contribution in [2.45, 2.75) is 26.2 Å². The Hall–Kier alpha value is -2.03. The maximum absolute atomic E-state index is 5.85. The van der Waals surface area contributed by atoms with E-state index < -0.39 is 0 Å². The number of pyridine rings is 1. The Labute approximate surface area is 108 Å². The lowest BCUT2D eigenvalue weighted by Crippen LogP contribution is -2.13. The second-order valence-corrected chi connectivity index (χ2v) is 5.36. The SMILES string of the molecule is CC(C)(C)c1ccccc1Nc1cccnc1N. The molecule has 3 heteroatoms. The van der Waals surface area contributed by atoms with E-state index in [4.69, 9.17) is 5.73 Å². The van der Waals surface area contributed by atoms with Crippen molar-refractivity contribution in [3.8, 4) is 0 Å². The molecule has 0 atom stereocenters. The summed E-state index contributed by atoms with van der Waals surface area (Å²) in [5, 5.41) is 3.36. The summed E-state index contributed by atoms with van der Waals surface area (Å²) in [4.78, 5) is 4.08. The van der Waals surface area contributed by atoms with Gasteiger partial charge in [0.05, 0.1) is 5.69 Å². The van der Waals surface area contributed by atoms with Crippen molar-refractivity contribution in [2.75, 3.05) is 11.1 Å². The molecule has 0 saturated carbocycles. The van der Waals surface area contributed by atoms with Crippen LogP contribution >= 0.6 is 0 Å². The van der Waals surface area contributed by atoms with Crippen LogP contribution in [0.4, 0.5) is 17.2 Å². The fourth-order valence-electron chi connectivity index (χ4n) is 1.91. The molecule has 0 aliphatic heterocycles. The number of para-hydroxylation sites is 1. The zero-order chi connectivity index (χ0) is 13.2. The van der Waals surface area contributed by atoms with Gasteiger partial charge in [-0.25, -0.2) is 4.98 Å². The minimum atomic E-state index is 0.0839. The number of hydrogen-bond acceptors (Lipinski definition) is 3. The number of aromatic nitrogens is 1. The molecule has 0 aliphatic rings. The average Bonchev–Trinajstić information content (AvgIpc) is 2.31. The lowest BCUT2D eigenvalue weighted by atomic mass is 9.86. The predicted molar refractivity (Wildman–Crippen MR) is 77.1 cm³/mol. The molecule has 0 bridgehead atoms. The number of benzene rings is 1. The molecule has 94 valence electrons. The van der Waals surface area contributed by atoms with Crippen molar-refractivity contribution >= 4 is 17.2 Å². The second kappa shape index (κ2) is 4.69. The Balaban J connectivity index is 2.39. The molecular formula is C15H19N3. The summed E-state index contributed by atoms with van der Waals surface area (Å²) in [6, 6.07) is 12.1. The van der Waals surface area contributed by atoms with Gasteiger partial charge in [0.25, 0.3) is 0 Å². The Kier molecular flexibility index (Phi) is 3.24. The van der Waals surface area contributed by atoms with Crippen molar-refractivity contribution in [2.24, 2.45) is 0 Å². The molecule has 0 spiro atoms. The Morgan fingerprint density at radius 1 is 1.00 bits per heavy atom. The first-order valence-electron chi connectivity index (χ1n) is 6.05. The summed E-state index contributed by atoms with van der Waals surface area (Å²) < 4.78 is 0. The van der Waals surface area contributed by atoms with Gasteiger partial charge in [0.2, 0.25) is 0 Å². The van der Waals surface area contributed by atoms with E-state index in [0.29, 0.717) is 5.82 Å². The number of nitrogens with zero attached hydrogens (tertiary/aromatic N) is 1. The van der Waals surface area contributed by atoms with E-state index in [1.165, 1.54) is 5.56 Å². The van der Waals surface area contributed by atoms with E-state index in [1.54, 1.807) is 6.20 Å². The molecule has 0 fully saturated rings. The fraction of sp³-hybridized carbons (Fsp3) is 0.267. The number of nitrogens with two attached hydrogens (primary N) is 1. The van der Waals surface area contributed by atoms with E-state index in [9.17, 15) is 0 Å². The van der Waals surface area contributed by atoms with Crippen LogP contribution in [-0.4, -0.2) is 4.98 Å². The number of rotatable bonds is 2. The van der Waals surface area contributed by atoms with Crippen LogP contribution in [0.3, 0.4) is 0 Å². The molecule has 2 rings (SSSR count). The van der Waals surface area contributed by atoms with Crippen molar-refractivity contribution in [3.63, 3.8) is 0 Å². The third kappa shape index (κ3) is 2.62. The highest BCUT2D eigenvalue weighted by molar-refractivity contribution is 5.71. The van der Waals surface area contributed by atoms with Gasteiger partial charge in [-0.2, -0.15) is 0 Å². The molecule has 0 saturated heterocycles. The molecular weight excluding hydrogens is 222 g/mol. The van der Waals surface area contributed by atoms with E-state index >= 15 is 0 Å². The second-order valence-electron chi connectivity index (χ2n) is 5.36. The van der Waals surface area contributed by atoms with Gasteiger partial charge >= 0.3 is 0 Å². The first-order chi connectivity index (χ1) is 8.48. The van der Waals surface area contributed by atoms with Crippen molar-refractivity contribution in [3.05, 3.63) is 48.2 Å². The van der Waals surface area contributed by atoms with E-state index in [0.717, 1.165) is 11.4 Å². The molecule has 1 aromatic carbocycles. The number of anilines is 3. The zero-order valence-corrected chi connectivity index (χ0v) is 11.1. The third-order valence-electron chi connectivity index (χ3n) is 2.84. The maximum Gasteiger partial charge on any atom is 0.147 e. The molecule has 3 nitrogen and oxygen atoms in total. The van der Waals surface area contributed by atoms with Crippen LogP contribution in [-0.2, 0) is 5.41 Å². The van der Waals surface area contributed by atoms with E-state index in [1.807, 2.05) is 18.2 Å². The fourth-order valence-corrected chi connectivity index (χ4v) is 1.91. The number of nitrogen functional groups attached to an aromatic ring is 1. The Morgan fingerprint density at radius 3 is 2.33 bits per heavy atom. The normalized spacial score (nSPS) is 11.3. The van der Waals surface area contributed by atoms with Gasteiger partial charge in [-0.15, -0.1) is 0 Å². The van der Waals surface area contributed by atoms with Gasteiger partial charge < -0.3 is 11.1 Å². The van der Waals surface area contributed by atoms with Gasteiger partial charge in [-0.1, -0.05) is 39.0 Å². The highest BCUT2D eigenvalue weighted by atomic mass is 15.0. The largest absolute Gasteiger partial charge is 0.382 e. The quantitative estimate of drug-likeness (QED) is 0.842. The first kappa shape index (κ1) is 12.4. The minimum absolute atomic E-state index is 0.0839. The first-order valence-corrected chi connectivity index (χ1v) is 6.05. The van der Waals surface area contributed by atoms with Crippen LogP contribution in [0.15, 0.2) is 42.6 Å². The maximum atomic E-state index is 5.85. The van der Waals surface area contributed by atoms with Crippen molar-refractivity contribution < 1.29 is 0 Å². The molecule has 1 aromatic heterocycles. The molecule has 1 heterocycles. The highest BCUT2D eigenvalue weighted by Gasteiger charge is 2.17. The lowest BCUT2D eigenvalue weighted by molar-refractivity contribution is 0.592. The van der Waals surface area contributed by atoms with Gasteiger partial charge in [0.1, 0.15) is 5.82 Å². The monoisotopic (exact) mass is 241 g/mol. The summed E-state index contributed by atoms with van der Waals surface area (Å²) in [7, 11) is 0. The Morgan fingerprint density at radius 2 is 1.67 bits per heavy atom. The number of nitrogens with one attached hydrogen (secondary N) is 1. The average molecular weight is 241 g/mol. The minimum Gasteiger partial charge on any atom is -0.382 e. The van der Waals surface area contributed by atoms with Gasteiger partial charge in [-0.3, -0.25) is 0 Å². The van der Waals surface area contributed by atoms with Crippen LogP contribution in [0.2, 0.25) is 0 Å². The van der Waals surface area contributed by atoms with Gasteiger partial charge in [0.15, 0.2) is 0 Å². The smallest absolute Gasteiger partial charge is 0.147 e. The predicted octanol–water partition coefficient (Wildman–Crippen LogP) is 3.70. The molecule has 3 N–H and O–H groups in total. The molecule has 0 aliphatic carbocycles. The lowest BCUT2D eigenvalue weighted by Gasteiger charge is -2.23. The third-order valence-corrected chi connectivity index (χ3v) is 2.84. The molecule has 0 radical (unpaired) electrons. The molecule has 2 aromatic rings. The van der Waals surface area contributed by atoms with Crippen LogP contribution in [0, 0.1) is 0 Å². The standard InChI is InChI=1S/C15H19N3/c1-15(2,3)11-7-4-5-8-12(11)18-13-9-6-10-17-14(13)16/h4-10,18H,1-3H3,(H2,16,17). The molecule has 0 amide bonds. The summed E-state index contributed by atoms with van der Waals surface area (Å²) >= 11 is 0. The van der Waals surface area contributed by atoms with Crippen LogP contribution in [0.25, 0.3) is 0 Å². The highest BCUT2D eigenvalue weighted by Crippen LogP contribution is 2.32. The van der Waals surface area contributed by atoms with E-state index in [-0.39, 0.29) is 5.41 Å². The summed E-state index contributed by atoms with van der Waals surface area (Å²) in [6.45, 7) is 6.58.